The summed E-state index contributed by atoms with van der Waals surface area (Å²) in [6.07, 6.45) is 0.895. The van der Waals surface area contributed by atoms with Gasteiger partial charge in [-0.25, -0.2) is 0 Å². The number of hydrogen-bond acceptors (Lipinski definition) is 3. The summed E-state index contributed by atoms with van der Waals surface area (Å²) in [5.41, 5.74) is 0.728. The Labute approximate surface area is 121 Å². The molecule has 0 aliphatic carbocycles. The smallest absolute Gasteiger partial charge is 0.228 e. The summed E-state index contributed by atoms with van der Waals surface area (Å²) in [7, 11) is 0. The standard InChI is InChI=1S/C16H24N2O2/c1-16(2,3)20-12-18-10-9-13(11-18)15(19)17-14-7-5-4-6-8-14/h4-8,13H,9-12H2,1-3H3,(H,17,19). The molecule has 1 aromatic rings. The molecule has 1 aliphatic rings. The zero-order valence-corrected chi connectivity index (χ0v) is 12.6. The fraction of sp³-hybridized carbons (Fsp3) is 0.562. The van der Waals surface area contributed by atoms with Crippen LogP contribution in [-0.4, -0.2) is 36.2 Å². The van der Waals surface area contributed by atoms with Gasteiger partial charge in [0.25, 0.3) is 0 Å². The summed E-state index contributed by atoms with van der Waals surface area (Å²) in [5, 5.41) is 2.97. The molecule has 1 aliphatic heterocycles. The van der Waals surface area contributed by atoms with Crippen LogP contribution in [0.25, 0.3) is 0 Å². The third-order valence-electron chi connectivity index (χ3n) is 3.36. The van der Waals surface area contributed by atoms with Gasteiger partial charge in [0.15, 0.2) is 0 Å². The molecule has 1 fully saturated rings. The number of rotatable bonds is 4. The van der Waals surface area contributed by atoms with E-state index in [1.807, 2.05) is 51.1 Å². The number of para-hydroxylation sites is 1. The number of likely N-dealkylation sites (tertiary alicyclic amines) is 1. The van der Waals surface area contributed by atoms with E-state index in [1.165, 1.54) is 0 Å². The first-order chi connectivity index (χ1) is 9.44. The van der Waals surface area contributed by atoms with Crippen molar-refractivity contribution in [2.45, 2.75) is 32.8 Å². The molecule has 2 rings (SSSR count). The Bertz CT molecular complexity index is 440. The van der Waals surface area contributed by atoms with Gasteiger partial charge in [-0.1, -0.05) is 18.2 Å². The van der Waals surface area contributed by atoms with E-state index in [9.17, 15) is 4.79 Å². The number of hydrogen-bond donors (Lipinski definition) is 1. The first-order valence-corrected chi connectivity index (χ1v) is 7.16. The summed E-state index contributed by atoms with van der Waals surface area (Å²) in [5.74, 6) is 0.160. The molecule has 4 nitrogen and oxygen atoms in total. The highest BCUT2D eigenvalue weighted by atomic mass is 16.5. The number of anilines is 1. The van der Waals surface area contributed by atoms with Gasteiger partial charge in [-0.2, -0.15) is 0 Å². The molecule has 1 amide bonds. The van der Waals surface area contributed by atoms with Crippen molar-refractivity contribution in [3.63, 3.8) is 0 Å². The molecule has 1 unspecified atom stereocenters. The van der Waals surface area contributed by atoms with Crippen LogP contribution in [0.5, 0.6) is 0 Å². The van der Waals surface area contributed by atoms with Crippen LogP contribution in [0.1, 0.15) is 27.2 Å². The zero-order valence-electron chi connectivity index (χ0n) is 12.6. The minimum atomic E-state index is -0.135. The van der Waals surface area contributed by atoms with Gasteiger partial charge >= 0.3 is 0 Å². The summed E-state index contributed by atoms with van der Waals surface area (Å²) in [6.45, 7) is 8.42. The third-order valence-corrected chi connectivity index (χ3v) is 3.36. The van der Waals surface area contributed by atoms with Gasteiger partial charge in [0.05, 0.1) is 18.2 Å². The molecular weight excluding hydrogens is 252 g/mol. The topological polar surface area (TPSA) is 41.6 Å². The summed E-state index contributed by atoms with van der Waals surface area (Å²) >= 11 is 0. The molecule has 20 heavy (non-hydrogen) atoms. The van der Waals surface area contributed by atoms with Crippen molar-refractivity contribution in [1.82, 2.24) is 4.90 Å². The second-order valence-electron chi connectivity index (χ2n) is 6.30. The predicted octanol–water partition coefficient (Wildman–Crippen LogP) is 2.72. The van der Waals surface area contributed by atoms with Crippen LogP contribution in [0.4, 0.5) is 5.69 Å². The fourth-order valence-corrected chi connectivity index (χ4v) is 2.21. The molecule has 1 aromatic carbocycles. The van der Waals surface area contributed by atoms with Crippen LogP contribution < -0.4 is 5.32 Å². The van der Waals surface area contributed by atoms with Gasteiger partial charge in [-0.05, 0) is 39.3 Å². The molecule has 0 aromatic heterocycles. The van der Waals surface area contributed by atoms with Crippen LogP contribution in [0.15, 0.2) is 30.3 Å². The monoisotopic (exact) mass is 276 g/mol. The van der Waals surface area contributed by atoms with Crippen molar-refractivity contribution in [1.29, 1.82) is 0 Å². The second kappa shape index (κ2) is 6.37. The van der Waals surface area contributed by atoms with Gasteiger partial charge in [-0.3, -0.25) is 9.69 Å². The van der Waals surface area contributed by atoms with Crippen molar-refractivity contribution in [2.75, 3.05) is 25.1 Å². The van der Waals surface area contributed by atoms with Crippen LogP contribution in [0.2, 0.25) is 0 Å². The Morgan fingerprint density at radius 3 is 2.70 bits per heavy atom. The molecule has 0 bridgehead atoms. The van der Waals surface area contributed by atoms with Crippen molar-refractivity contribution >= 4 is 11.6 Å². The van der Waals surface area contributed by atoms with E-state index < -0.39 is 0 Å². The third kappa shape index (κ3) is 4.62. The van der Waals surface area contributed by atoms with E-state index in [-0.39, 0.29) is 17.4 Å². The number of ether oxygens (including phenoxy) is 1. The second-order valence-corrected chi connectivity index (χ2v) is 6.30. The van der Waals surface area contributed by atoms with E-state index in [0.717, 1.165) is 25.2 Å². The van der Waals surface area contributed by atoms with Gasteiger partial charge in [-0.15, -0.1) is 0 Å². The van der Waals surface area contributed by atoms with E-state index in [2.05, 4.69) is 10.2 Å². The first kappa shape index (κ1) is 15.0. The molecule has 0 spiro atoms. The molecule has 0 saturated carbocycles. The minimum Gasteiger partial charge on any atom is -0.360 e. The lowest BCUT2D eigenvalue weighted by molar-refractivity contribution is -0.119. The van der Waals surface area contributed by atoms with Crippen molar-refractivity contribution in [2.24, 2.45) is 5.92 Å². The Morgan fingerprint density at radius 1 is 1.35 bits per heavy atom. The fourth-order valence-electron chi connectivity index (χ4n) is 2.21. The van der Waals surface area contributed by atoms with E-state index >= 15 is 0 Å². The number of nitrogens with one attached hydrogen (secondary N) is 1. The highest BCUT2D eigenvalue weighted by Crippen LogP contribution is 2.19. The summed E-state index contributed by atoms with van der Waals surface area (Å²) in [6, 6.07) is 9.61. The molecule has 1 saturated heterocycles. The summed E-state index contributed by atoms with van der Waals surface area (Å²) < 4.78 is 5.75. The molecule has 4 heteroatoms. The minimum absolute atomic E-state index is 0.0544. The lowest BCUT2D eigenvalue weighted by atomic mass is 10.1. The number of nitrogens with zero attached hydrogens (tertiary/aromatic N) is 1. The highest BCUT2D eigenvalue weighted by Gasteiger charge is 2.29. The largest absolute Gasteiger partial charge is 0.360 e. The average molecular weight is 276 g/mol. The molecule has 110 valence electrons. The molecule has 0 radical (unpaired) electrons. The van der Waals surface area contributed by atoms with Crippen molar-refractivity contribution in [3.05, 3.63) is 30.3 Å². The Kier molecular flexibility index (Phi) is 4.78. The maximum Gasteiger partial charge on any atom is 0.228 e. The van der Waals surface area contributed by atoms with Crippen LogP contribution in [0.3, 0.4) is 0 Å². The number of amides is 1. The van der Waals surface area contributed by atoms with Gasteiger partial charge in [0, 0.05) is 18.8 Å². The summed E-state index contributed by atoms with van der Waals surface area (Å²) in [4.78, 5) is 14.4. The highest BCUT2D eigenvalue weighted by molar-refractivity contribution is 5.92. The first-order valence-electron chi connectivity index (χ1n) is 7.16. The predicted molar refractivity (Wildman–Crippen MR) is 80.5 cm³/mol. The maximum absolute atomic E-state index is 12.2. The maximum atomic E-state index is 12.2. The van der Waals surface area contributed by atoms with E-state index in [1.54, 1.807) is 0 Å². The number of benzene rings is 1. The average Bonchev–Trinajstić information content (AvgIpc) is 2.86. The van der Waals surface area contributed by atoms with Gasteiger partial charge in [0.1, 0.15) is 0 Å². The van der Waals surface area contributed by atoms with Crippen molar-refractivity contribution in [3.8, 4) is 0 Å². The lowest BCUT2D eigenvalue weighted by Crippen LogP contribution is -2.32. The molecule has 1 N–H and O–H groups in total. The number of carbonyl (C=O) groups excluding carboxylic acids is 1. The van der Waals surface area contributed by atoms with Crippen LogP contribution in [-0.2, 0) is 9.53 Å². The number of carbonyl (C=O) groups is 1. The Hall–Kier alpha value is -1.39. The van der Waals surface area contributed by atoms with Gasteiger partial charge < -0.3 is 10.1 Å². The van der Waals surface area contributed by atoms with Crippen LogP contribution >= 0.6 is 0 Å². The lowest BCUT2D eigenvalue weighted by Gasteiger charge is -2.24. The molecule has 1 heterocycles. The molecule has 1 atom stereocenters. The van der Waals surface area contributed by atoms with E-state index in [4.69, 9.17) is 4.74 Å². The van der Waals surface area contributed by atoms with Gasteiger partial charge in [0.2, 0.25) is 5.91 Å². The normalized spacial score (nSPS) is 20.1. The SMILES string of the molecule is CC(C)(C)OCN1CCC(C(=O)Nc2ccccc2)C1. The van der Waals surface area contributed by atoms with E-state index in [0.29, 0.717) is 6.73 Å². The Balaban J connectivity index is 1.79. The quantitative estimate of drug-likeness (QED) is 0.919. The van der Waals surface area contributed by atoms with Crippen molar-refractivity contribution < 1.29 is 9.53 Å². The zero-order chi connectivity index (χ0) is 14.6. The van der Waals surface area contributed by atoms with Crippen LogP contribution in [0, 0.1) is 5.92 Å². The molecular formula is C16H24N2O2. The Morgan fingerprint density at radius 2 is 2.05 bits per heavy atom.